The van der Waals surface area contributed by atoms with Crippen molar-refractivity contribution in [2.75, 3.05) is 26.0 Å². The number of fused-ring (bicyclic) bond motifs is 1. The summed E-state index contributed by atoms with van der Waals surface area (Å²) in [5.41, 5.74) is 0.514. The fraction of sp³-hybridized carbons (Fsp3) is 0.273. The summed E-state index contributed by atoms with van der Waals surface area (Å²) in [7, 11) is 5.04. The van der Waals surface area contributed by atoms with Gasteiger partial charge in [-0.05, 0) is 25.1 Å². The number of nitrogens with zero attached hydrogens (tertiary/aromatic N) is 5. The fourth-order valence-electron chi connectivity index (χ4n) is 3.97. The Bertz CT molecular complexity index is 1310. The van der Waals surface area contributed by atoms with Gasteiger partial charge < -0.3 is 10.2 Å². The molecule has 0 unspecified atom stereocenters. The number of amides is 1. The number of carbonyl (C=O) groups is 1. The van der Waals surface area contributed by atoms with Crippen LogP contribution >= 0.6 is 11.6 Å². The van der Waals surface area contributed by atoms with Gasteiger partial charge in [-0.2, -0.15) is 5.26 Å². The lowest BCUT2D eigenvalue weighted by atomic mass is 9.86. The van der Waals surface area contributed by atoms with Gasteiger partial charge in [0.2, 0.25) is 11.9 Å². The van der Waals surface area contributed by atoms with Crippen LogP contribution in [-0.2, 0) is 10.3 Å². The zero-order valence-electron chi connectivity index (χ0n) is 18.0. The van der Waals surface area contributed by atoms with Gasteiger partial charge in [0.15, 0.2) is 11.8 Å². The summed E-state index contributed by atoms with van der Waals surface area (Å²) in [5.74, 6) is -0.525. The van der Waals surface area contributed by atoms with Crippen LogP contribution in [0.2, 0.25) is 5.02 Å². The smallest absolute Gasteiger partial charge is 0.231 e. The third kappa shape index (κ3) is 3.24. The molecule has 2 heterocycles. The van der Waals surface area contributed by atoms with E-state index in [1.165, 1.54) is 18.0 Å². The van der Waals surface area contributed by atoms with Crippen LogP contribution in [0.5, 0.6) is 0 Å². The third-order valence-corrected chi connectivity index (χ3v) is 5.87. The molecular weight excluding hydrogens is 433 g/mol. The number of halogens is 2. The predicted octanol–water partition coefficient (Wildman–Crippen LogP) is 3.36. The standard InChI is InChI=1S/C22H21ClFN7O/c1-22(10-17(32)30(4)20(26)28-22)14-6-5-7-15(18(14)24)31-16-9-13(23)8-12(11-25)19(16)27-21(31)29(2)3/h5-9H,10H2,1-4H3,(H2,26,28)/t22-/m0/s1. The van der Waals surface area contributed by atoms with Crippen LogP contribution in [0, 0.1) is 22.6 Å². The van der Waals surface area contributed by atoms with Gasteiger partial charge in [0.25, 0.3) is 0 Å². The summed E-state index contributed by atoms with van der Waals surface area (Å²) in [5, 5.41) is 20.9. The molecule has 1 aliphatic heterocycles. The zero-order chi connectivity index (χ0) is 23.4. The van der Waals surface area contributed by atoms with Crippen LogP contribution in [-0.4, -0.2) is 47.5 Å². The number of nitriles is 1. The van der Waals surface area contributed by atoms with Crippen molar-refractivity contribution in [2.24, 2.45) is 0 Å². The SMILES string of the molecule is CN1C(=N)N[C@](C)(c2cccc(-n3c(N(C)C)nc4c(C#N)cc(Cl)cc43)c2F)CC1=O. The van der Waals surface area contributed by atoms with Crippen molar-refractivity contribution in [2.45, 2.75) is 18.9 Å². The highest BCUT2D eigenvalue weighted by Crippen LogP contribution is 2.36. The van der Waals surface area contributed by atoms with Gasteiger partial charge in [0, 0.05) is 31.7 Å². The summed E-state index contributed by atoms with van der Waals surface area (Å²) in [4.78, 5) is 19.9. The summed E-state index contributed by atoms with van der Waals surface area (Å²) in [6.45, 7) is 1.69. The number of nitrogens with one attached hydrogen (secondary N) is 2. The molecule has 164 valence electrons. The quantitative estimate of drug-likeness (QED) is 0.633. The number of guanidine groups is 1. The molecule has 4 rings (SSSR count). The number of rotatable bonds is 3. The molecule has 2 N–H and O–H groups in total. The van der Waals surface area contributed by atoms with Crippen molar-refractivity contribution in [1.29, 1.82) is 10.7 Å². The Kier molecular flexibility index (Phi) is 5.06. The molecule has 0 spiro atoms. The van der Waals surface area contributed by atoms with E-state index < -0.39 is 11.4 Å². The summed E-state index contributed by atoms with van der Waals surface area (Å²) in [6.07, 6.45) is -0.0120. The molecule has 8 nitrogen and oxygen atoms in total. The molecule has 0 radical (unpaired) electrons. The number of anilines is 1. The first-order valence-electron chi connectivity index (χ1n) is 9.79. The normalized spacial score (nSPS) is 18.6. The highest BCUT2D eigenvalue weighted by molar-refractivity contribution is 6.31. The van der Waals surface area contributed by atoms with Crippen molar-refractivity contribution in [1.82, 2.24) is 19.8 Å². The first-order chi connectivity index (χ1) is 15.1. The number of aromatic nitrogens is 2. The lowest BCUT2D eigenvalue weighted by Crippen LogP contribution is -2.58. The lowest BCUT2D eigenvalue weighted by molar-refractivity contribution is -0.129. The summed E-state index contributed by atoms with van der Waals surface area (Å²) < 4.78 is 17.7. The van der Waals surface area contributed by atoms with Gasteiger partial charge >= 0.3 is 0 Å². The van der Waals surface area contributed by atoms with Crippen LogP contribution in [0.25, 0.3) is 16.7 Å². The Hall–Kier alpha value is -3.64. The molecule has 0 saturated carbocycles. The van der Waals surface area contributed by atoms with Crippen LogP contribution in [0.3, 0.4) is 0 Å². The predicted molar refractivity (Wildman–Crippen MR) is 121 cm³/mol. The van der Waals surface area contributed by atoms with Crippen molar-refractivity contribution >= 4 is 40.4 Å². The van der Waals surface area contributed by atoms with Gasteiger partial charge in [-0.15, -0.1) is 0 Å². The van der Waals surface area contributed by atoms with Crippen molar-refractivity contribution in [3.8, 4) is 11.8 Å². The molecule has 1 aliphatic rings. The second kappa shape index (κ2) is 7.50. The van der Waals surface area contributed by atoms with Gasteiger partial charge in [-0.25, -0.2) is 9.37 Å². The molecule has 1 atom stereocenters. The first kappa shape index (κ1) is 21.6. The topological polar surface area (TPSA) is 101 Å². The Balaban J connectivity index is 1.98. The van der Waals surface area contributed by atoms with E-state index in [1.807, 2.05) is 0 Å². The molecule has 0 bridgehead atoms. The van der Waals surface area contributed by atoms with E-state index in [0.29, 0.717) is 22.0 Å². The highest BCUT2D eigenvalue weighted by Gasteiger charge is 2.40. The minimum Gasteiger partial charge on any atom is -0.348 e. The molecule has 32 heavy (non-hydrogen) atoms. The van der Waals surface area contributed by atoms with E-state index in [9.17, 15) is 10.1 Å². The highest BCUT2D eigenvalue weighted by atomic mass is 35.5. The van der Waals surface area contributed by atoms with Gasteiger partial charge in [-0.1, -0.05) is 23.7 Å². The Morgan fingerprint density at radius 2 is 2.09 bits per heavy atom. The Morgan fingerprint density at radius 3 is 2.72 bits per heavy atom. The van der Waals surface area contributed by atoms with Crippen molar-refractivity contribution < 1.29 is 9.18 Å². The van der Waals surface area contributed by atoms with Crippen LogP contribution < -0.4 is 10.2 Å². The average Bonchev–Trinajstić information content (AvgIpc) is 3.11. The molecule has 1 amide bonds. The summed E-state index contributed by atoms with van der Waals surface area (Å²) in [6, 6.07) is 10.1. The maximum atomic E-state index is 16.1. The Labute approximate surface area is 189 Å². The van der Waals surface area contributed by atoms with Crippen molar-refractivity contribution in [3.63, 3.8) is 0 Å². The largest absolute Gasteiger partial charge is 0.348 e. The van der Waals surface area contributed by atoms with Crippen LogP contribution in [0.15, 0.2) is 30.3 Å². The Morgan fingerprint density at radius 1 is 1.38 bits per heavy atom. The summed E-state index contributed by atoms with van der Waals surface area (Å²) >= 11 is 6.24. The second-order valence-electron chi connectivity index (χ2n) is 8.15. The van der Waals surface area contributed by atoms with E-state index in [-0.39, 0.29) is 35.1 Å². The molecule has 2 aromatic carbocycles. The number of benzene rings is 2. The van der Waals surface area contributed by atoms with E-state index in [4.69, 9.17) is 17.0 Å². The number of hydrogen-bond acceptors (Lipinski definition) is 5. The van der Waals surface area contributed by atoms with Crippen LogP contribution in [0.4, 0.5) is 10.3 Å². The lowest BCUT2D eigenvalue weighted by Gasteiger charge is -2.39. The van der Waals surface area contributed by atoms with E-state index in [0.717, 1.165) is 0 Å². The molecule has 10 heteroatoms. The molecule has 1 saturated heterocycles. The van der Waals surface area contributed by atoms with Gasteiger partial charge in [0.1, 0.15) is 11.6 Å². The molecule has 3 aromatic rings. The van der Waals surface area contributed by atoms with E-state index >= 15 is 4.39 Å². The van der Waals surface area contributed by atoms with E-state index in [2.05, 4.69) is 16.4 Å². The first-order valence-corrected chi connectivity index (χ1v) is 10.2. The second-order valence-corrected chi connectivity index (χ2v) is 8.58. The van der Waals surface area contributed by atoms with Gasteiger partial charge in [-0.3, -0.25) is 19.7 Å². The maximum absolute atomic E-state index is 16.1. The van der Waals surface area contributed by atoms with Crippen molar-refractivity contribution in [3.05, 3.63) is 52.3 Å². The van der Waals surface area contributed by atoms with E-state index in [1.54, 1.807) is 54.8 Å². The zero-order valence-corrected chi connectivity index (χ0v) is 18.8. The molecular formula is C22H21ClFN7O. The number of imidazole rings is 1. The fourth-order valence-corrected chi connectivity index (χ4v) is 4.18. The van der Waals surface area contributed by atoms with Crippen LogP contribution in [0.1, 0.15) is 24.5 Å². The molecule has 1 aromatic heterocycles. The minimum absolute atomic E-state index is 0.0120. The average molecular weight is 454 g/mol. The third-order valence-electron chi connectivity index (χ3n) is 5.65. The molecule has 0 aliphatic carbocycles. The molecule has 1 fully saturated rings. The monoisotopic (exact) mass is 453 g/mol. The maximum Gasteiger partial charge on any atom is 0.231 e. The number of hydrogen-bond donors (Lipinski definition) is 2. The minimum atomic E-state index is -1.11. The van der Waals surface area contributed by atoms with Gasteiger partial charge in [0.05, 0.1) is 28.7 Å². The number of carbonyl (C=O) groups excluding carboxylic acids is 1.